The minimum Gasteiger partial charge on any atom is -0.269 e. The van der Waals surface area contributed by atoms with Crippen LogP contribution in [0.4, 0.5) is 0 Å². The molecule has 0 aliphatic heterocycles. The smallest absolute Gasteiger partial charge is 0.257 e. The highest BCUT2D eigenvalue weighted by atomic mass is 35.5. The van der Waals surface area contributed by atoms with Gasteiger partial charge in [0.2, 0.25) is 0 Å². The van der Waals surface area contributed by atoms with E-state index < -0.39 is 0 Å². The number of benzene rings is 2. The van der Waals surface area contributed by atoms with Crippen molar-refractivity contribution in [3.63, 3.8) is 0 Å². The van der Waals surface area contributed by atoms with Crippen LogP contribution in [0.25, 0.3) is 17.1 Å². The van der Waals surface area contributed by atoms with E-state index in [1.807, 2.05) is 36.4 Å². The van der Waals surface area contributed by atoms with Crippen LogP contribution in [0, 0.1) is 12.3 Å². The van der Waals surface area contributed by atoms with Crippen LogP contribution in [0.1, 0.15) is 10.4 Å². The fourth-order valence-electron chi connectivity index (χ4n) is 2.24. The second-order valence-corrected chi connectivity index (χ2v) is 6.31. The predicted octanol–water partition coefficient (Wildman–Crippen LogP) is 4.77. The molecule has 3 nitrogen and oxygen atoms in total. The van der Waals surface area contributed by atoms with Crippen LogP contribution in [-0.2, 0) is 0 Å². The topological polar surface area (TPSA) is 34.9 Å². The summed E-state index contributed by atoms with van der Waals surface area (Å²) in [7, 11) is 0. The number of aromatic nitrogens is 2. The summed E-state index contributed by atoms with van der Waals surface area (Å²) in [5.74, 6) is 2.85. The summed E-state index contributed by atoms with van der Waals surface area (Å²) in [5, 5.41) is 1.26. The van der Waals surface area contributed by atoms with Crippen LogP contribution >= 0.6 is 23.4 Å². The van der Waals surface area contributed by atoms with Gasteiger partial charge in [-0.1, -0.05) is 53.5 Å². The van der Waals surface area contributed by atoms with Crippen molar-refractivity contribution < 1.29 is 4.79 Å². The average Bonchev–Trinajstić information content (AvgIpc) is 2.97. The lowest BCUT2D eigenvalue weighted by Crippen LogP contribution is -2.08. The van der Waals surface area contributed by atoms with Crippen LogP contribution in [-0.4, -0.2) is 21.2 Å². The molecule has 1 aromatic heterocycles. The molecule has 5 heteroatoms. The van der Waals surface area contributed by atoms with Crippen LogP contribution < -0.4 is 0 Å². The number of nitrogens with zero attached hydrogens (tertiary/aromatic N) is 2. The highest BCUT2D eigenvalue weighted by Crippen LogP contribution is 2.24. The zero-order valence-electron chi connectivity index (χ0n) is 12.6. The number of imidazole rings is 1. The van der Waals surface area contributed by atoms with Gasteiger partial charge in [0.25, 0.3) is 5.91 Å². The lowest BCUT2D eigenvalue weighted by Gasteiger charge is -2.03. The van der Waals surface area contributed by atoms with E-state index in [2.05, 4.69) is 10.9 Å². The summed E-state index contributed by atoms with van der Waals surface area (Å²) in [6.45, 7) is 0. The molecule has 0 atom stereocenters. The van der Waals surface area contributed by atoms with Gasteiger partial charge in [-0.3, -0.25) is 9.36 Å². The van der Waals surface area contributed by atoms with Gasteiger partial charge in [-0.15, -0.1) is 6.42 Å². The number of carbonyl (C=O) groups is 1. The van der Waals surface area contributed by atoms with Crippen molar-refractivity contribution in [2.45, 2.75) is 5.16 Å². The summed E-state index contributed by atoms with van der Waals surface area (Å²) < 4.78 is 1.59. The number of para-hydroxylation sites is 2. The molecule has 0 aliphatic carbocycles. The van der Waals surface area contributed by atoms with Gasteiger partial charge in [-0.05, 0) is 35.9 Å². The lowest BCUT2D eigenvalue weighted by molar-refractivity contribution is 0.0965. The molecular formula is C19H13ClN2OS. The molecule has 0 saturated carbocycles. The van der Waals surface area contributed by atoms with Crippen molar-refractivity contribution in [1.82, 2.24) is 9.55 Å². The van der Waals surface area contributed by atoms with Crippen molar-refractivity contribution in [2.75, 3.05) is 5.75 Å². The van der Waals surface area contributed by atoms with Crippen molar-refractivity contribution in [1.29, 1.82) is 0 Å². The van der Waals surface area contributed by atoms with Gasteiger partial charge in [0.05, 0.1) is 16.8 Å². The third kappa shape index (κ3) is 3.53. The molecule has 0 unspecified atom stereocenters. The second-order valence-electron chi connectivity index (χ2n) is 4.93. The zero-order chi connectivity index (χ0) is 16.9. The van der Waals surface area contributed by atoms with E-state index in [1.165, 1.54) is 17.8 Å². The van der Waals surface area contributed by atoms with E-state index in [-0.39, 0.29) is 5.91 Å². The molecule has 0 aliphatic rings. The standard InChI is InChI=1S/C19H13ClN2OS/c1-2-13-24-19-21-16-5-3-4-6-17(16)22(19)18(23)12-9-14-7-10-15(20)11-8-14/h1,3-12H,13H2. The summed E-state index contributed by atoms with van der Waals surface area (Å²) in [4.78, 5) is 17.2. The van der Waals surface area contributed by atoms with E-state index in [0.717, 1.165) is 16.6 Å². The van der Waals surface area contributed by atoms with Crippen molar-refractivity contribution in [3.05, 3.63) is 65.2 Å². The van der Waals surface area contributed by atoms with E-state index >= 15 is 0 Å². The van der Waals surface area contributed by atoms with E-state index in [0.29, 0.717) is 15.9 Å². The van der Waals surface area contributed by atoms with Crippen molar-refractivity contribution in [3.8, 4) is 12.3 Å². The monoisotopic (exact) mass is 352 g/mol. The molecular weight excluding hydrogens is 340 g/mol. The highest BCUT2D eigenvalue weighted by Gasteiger charge is 2.14. The Morgan fingerprint density at radius 3 is 2.75 bits per heavy atom. The Balaban J connectivity index is 1.96. The van der Waals surface area contributed by atoms with Crippen molar-refractivity contribution >= 4 is 46.4 Å². The maximum absolute atomic E-state index is 12.7. The average molecular weight is 353 g/mol. The normalized spacial score (nSPS) is 11.0. The Morgan fingerprint density at radius 1 is 1.25 bits per heavy atom. The van der Waals surface area contributed by atoms with E-state index in [1.54, 1.807) is 22.8 Å². The number of terminal acetylenes is 1. The van der Waals surface area contributed by atoms with Gasteiger partial charge in [0, 0.05) is 11.1 Å². The molecule has 118 valence electrons. The largest absolute Gasteiger partial charge is 0.269 e. The highest BCUT2D eigenvalue weighted by molar-refractivity contribution is 7.99. The molecule has 3 rings (SSSR count). The number of allylic oxidation sites excluding steroid dienone is 1. The first-order chi connectivity index (χ1) is 11.7. The Bertz CT molecular complexity index is 952. The number of fused-ring (bicyclic) bond motifs is 1. The van der Waals surface area contributed by atoms with Gasteiger partial charge in [-0.2, -0.15) is 0 Å². The summed E-state index contributed by atoms with van der Waals surface area (Å²) in [6.07, 6.45) is 8.60. The minimum absolute atomic E-state index is 0.168. The minimum atomic E-state index is -0.168. The van der Waals surface area contributed by atoms with E-state index in [9.17, 15) is 4.79 Å². The number of carbonyl (C=O) groups excluding carboxylic acids is 1. The number of hydrogen-bond acceptors (Lipinski definition) is 3. The Labute approximate surface area is 149 Å². The Morgan fingerprint density at radius 2 is 2.00 bits per heavy atom. The molecule has 0 spiro atoms. The quantitative estimate of drug-likeness (QED) is 0.385. The lowest BCUT2D eigenvalue weighted by atomic mass is 10.2. The number of hydrogen-bond donors (Lipinski definition) is 0. The molecule has 3 aromatic rings. The summed E-state index contributed by atoms with van der Waals surface area (Å²) in [6, 6.07) is 14.8. The first-order valence-corrected chi connectivity index (χ1v) is 8.57. The molecule has 0 saturated heterocycles. The molecule has 0 N–H and O–H groups in total. The van der Waals surface area contributed by atoms with Crippen LogP contribution in [0.3, 0.4) is 0 Å². The number of halogens is 1. The van der Waals surface area contributed by atoms with Crippen LogP contribution in [0.2, 0.25) is 5.02 Å². The zero-order valence-corrected chi connectivity index (χ0v) is 14.2. The predicted molar refractivity (Wildman–Crippen MR) is 100 cm³/mol. The number of thioether (sulfide) groups is 1. The Kier molecular flexibility index (Phi) is 5.05. The maximum Gasteiger partial charge on any atom is 0.257 e. The fourth-order valence-corrected chi connectivity index (χ4v) is 3.05. The van der Waals surface area contributed by atoms with Crippen LogP contribution in [0.15, 0.2) is 59.8 Å². The second kappa shape index (κ2) is 7.39. The van der Waals surface area contributed by atoms with Gasteiger partial charge in [-0.25, -0.2) is 4.98 Å². The molecule has 0 radical (unpaired) electrons. The molecule has 0 fully saturated rings. The van der Waals surface area contributed by atoms with Gasteiger partial charge < -0.3 is 0 Å². The third-order valence-corrected chi connectivity index (χ3v) is 4.42. The van der Waals surface area contributed by atoms with Gasteiger partial charge >= 0.3 is 0 Å². The SMILES string of the molecule is C#CCSc1nc2ccccc2n1C(=O)C=Cc1ccc(Cl)cc1. The maximum atomic E-state index is 12.7. The van der Waals surface area contributed by atoms with E-state index in [4.69, 9.17) is 18.0 Å². The van der Waals surface area contributed by atoms with Crippen molar-refractivity contribution in [2.24, 2.45) is 0 Å². The summed E-state index contributed by atoms with van der Waals surface area (Å²) in [5.41, 5.74) is 2.43. The first-order valence-electron chi connectivity index (χ1n) is 7.21. The third-order valence-electron chi connectivity index (χ3n) is 3.32. The molecule has 2 aromatic carbocycles. The van der Waals surface area contributed by atoms with Crippen LogP contribution in [0.5, 0.6) is 0 Å². The molecule has 24 heavy (non-hydrogen) atoms. The summed E-state index contributed by atoms with van der Waals surface area (Å²) >= 11 is 7.24. The van der Waals surface area contributed by atoms with Gasteiger partial charge in [0.15, 0.2) is 5.16 Å². The Hall–Kier alpha value is -2.48. The molecule has 1 heterocycles. The van der Waals surface area contributed by atoms with Gasteiger partial charge in [0.1, 0.15) is 0 Å². The fraction of sp³-hybridized carbons (Fsp3) is 0.0526. The number of rotatable bonds is 4. The molecule has 0 amide bonds. The first kappa shape index (κ1) is 16.4. The molecule has 0 bridgehead atoms.